The van der Waals surface area contributed by atoms with E-state index in [0.717, 1.165) is 10.5 Å². The highest BCUT2D eigenvalue weighted by Crippen LogP contribution is 2.73. The summed E-state index contributed by atoms with van der Waals surface area (Å²) in [5.74, 6) is 0.696. The number of hydrogen-bond acceptors (Lipinski definition) is 1. The maximum atomic E-state index is 6.02. The van der Waals surface area contributed by atoms with Crippen molar-refractivity contribution in [2.75, 3.05) is 0 Å². The lowest BCUT2D eigenvalue weighted by Gasteiger charge is -2.70. The summed E-state index contributed by atoms with van der Waals surface area (Å²) in [6, 6.07) is 0. The molecule has 3 heteroatoms. The predicted molar refractivity (Wildman–Crippen MR) is 111 cm³/mol. The van der Waals surface area contributed by atoms with Crippen LogP contribution in [0.2, 0.25) is 5.04 Å². The van der Waals surface area contributed by atoms with E-state index in [1.807, 2.05) is 0 Å². The first-order chi connectivity index (χ1) is 9.94. The van der Waals surface area contributed by atoms with Crippen molar-refractivity contribution in [1.29, 1.82) is 0 Å². The molecule has 1 aliphatic rings. The van der Waals surface area contributed by atoms with E-state index in [4.69, 9.17) is 4.12 Å². The fourth-order valence-corrected chi connectivity index (χ4v) is 9.38. The smallest absolute Gasteiger partial charge is 0.152 e. The fourth-order valence-electron chi connectivity index (χ4n) is 5.48. The molecule has 1 nitrogen and oxygen atoms in total. The lowest BCUT2D eigenvalue weighted by molar-refractivity contribution is -0.187. The summed E-state index contributed by atoms with van der Waals surface area (Å²) in [6.45, 7) is 30.3. The molecule has 1 saturated carbocycles. The van der Waals surface area contributed by atoms with Gasteiger partial charge in [0.05, 0.1) is 0 Å². The molecule has 1 aliphatic carbocycles. The van der Waals surface area contributed by atoms with Crippen LogP contribution in [0.25, 0.3) is 0 Å². The van der Waals surface area contributed by atoms with Gasteiger partial charge in [-0.3, -0.25) is 0 Å². The van der Waals surface area contributed by atoms with Crippen molar-refractivity contribution in [2.24, 2.45) is 33.0 Å². The zero-order valence-electron chi connectivity index (χ0n) is 18.4. The minimum Gasteiger partial charge on any atom is -0.468 e. The fraction of sp³-hybridized carbons (Fsp3) is 1.00. The third kappa shape index (κ3) is 2.55. The Morgan fingerprint density at radius 2 is 1.13 bits per heavy atom. The zero-order valence-corrected chi connectivity index (χ0v) is 21.8. The van der Waals surface area contributed by atoms with Gasteiger partial charge in [-0.25, -0.2) is 0 Å². The van der Waals surface area contributed by atoms with Crippen molar-refractivity contribution in [3.05, 3.63) is 0 Å². The Kier molecular flexibility index (Phi) is 5.32. The van der Waals surface area contributed by atoms with Crippen molar-refractivity contribution in [1.82, 2.24) is 0 Å². The second kappa shape index (κ2) is 5.70. The van der Waals surface area contributed by atoms with Crippen LogP contribution in [-0.4, -0.2) is 20.2 Å². The Labute approximate surface area is 152 Å². The van der Waals surface area contributed by atoms with Gasteiger partial charge >= 0.3 is 0 Å². The summed E-state index contributed by atoms with van der Waals surface area (Å²) >= 11 is 0. The molecule has 0 heterocycles. The molecule has 2 unspecified atom stereocenters. The Balaban J connectivity index is 3.73. The lowest BCUT2D eigenvalue weighted by Crippen LogP contribution is -2.63. The molecular formula is C20H44OSi2. The topological polar surface area (TPSA) is 9.23 Å². The van der Waals surface area contributed by atoms with E-state index >= 15 is 0 Å². The molecule has 0 radical (unpaired) electrons. The van der Waals surface area contributed by atoms with Crippen molar-refractivity contribution < 1.29 is 4.12 Å². The molecule has 23 heavy (non-hydrogen) atoms. The van der Waals surface area contributed by atoms with Crippen molar-refractivity contribution in [2.45, 2.75) is 94.5 Å². The molecule has 0 spiro atoms. The van der Waals surface area contributed by atoms with Crippen molar-refractivity contribution in [3.63, 3.8) is 0 Å². The van der Waals surface area contributed by atoms with E-state index in [1.165, 1.54) is 6.42 Å². The molecule has 0 bridgehead atoms. The second-order valence-corrected chi connectivity index (χ2v) is 15.5. The molecule has 1 rings (SSSR count). The van der Waals surface area contributed by atoms with E-state index in [-0.39, 0.29) is 21.7 Å². The minimum atomic E-state index is -0.535. The van der Waals surface area contributed by atoms with Crippen LogP contribution in [0, 0.1) is 33.0 Å². The van der Waals surface area contributed by atoms with Gasteiger partial charge in [0, 0.05) is 0 Å². The van der Waals surface area contributed by atoms with E-state index in [0.29, 0.717) is 16.4 Å². The van der Waals surface area contributed by atoms with Gasteiger partial charge in [0.15, 0.2) is 9.76 Å². The second-order valence-electron chi connectivity index (χ2n) is 11.3. The Morgan fingerprint density at radius 3 is 1.52 bits per heavy atom. The molecule has 0 aromatic rings. The van der Waals surface area contributed by atoms with Crippen LogP contribution in [0.15, 0.2) is 0 Å². The molecule has 2 atom stereocenters. The molecule has 0 aromatic heterocycles. The number of rotatable bonds is 2. The van der Waals surface area contributed by atoms with Crippen LogP contribution < -0.4 is 0 Å². The standard InChI is InChI=1S/C20H44OSi2/c1-14-13-20(12,23-21-22)19(10,11)18(8,9)17(6,7)16(4,5)15(14,2)3/h14H,13,23H2,1-12,22H3. The first-order valence-electron chi connectivity index (χ1n) is 9.43. The van der Waals surface area contributed by atoms with Gasteiger partial charge in [-0.05, 0) is 44.5 Å². The molecule has 1 fully saturated rings. The maximum absolute atomic E-state index is 6.02. The van der Waals surface area contributed by atoms with Gasteiger partial charge in [0.1, 0.15) is 10.5 Å². The predicted octanol–water partition coefficient (Wildman–Crippen LogP) is 4.72. The SMILES string of the molecule is CC1CC(C)([SiH2]O[SiH3])C(C)(C)C(C)(C)C(C)(C)C(C)(C)C1(C)C. The highest BCUT2D eigenvalue weighted by molar-refractivity contribution is 6.38. The van der Waals surface area contributed by atoms with Crippen LogP contribution in [0.3, 0.4) is 0 Å². The van der Waals surface area contributed by atoms with Crippen LogP contribution in [0.1, 0.15) is 89.5 Å². The summed E-state index contributed by atoms with van der Waals surface area (Å²) in [5, 5.41) is 0.336. The van der Waals surface area contributed by atoms with E-state index in [9.17, 15) is 0 Å². The summed E-state index contributed by atoms with van der Waals surface area (Å²) in [4.78, 5) is 0. The van der Waals surface area contributed by atoms with Gasteiger partial charge in [-0.2, -0.15) is 0 Å². The van der Waals surface area contributed by atoms with E-state index in [2.05, 4.69) is 83.1 Å². The summed E-state index contributed by atoms with van der Waals surface area (Å²) in [6.07, 6.45) is 1.30. The first-order valence-corrected chi connectivity index (χ1v) is 11.5. The highest BCUT2D eigenvalue weighted by atomic mass is 28.3. The highest BCUT2D eigenvalue weighted by Gasteiger charge is 2.65. The van der Waals surface area contributed by atoms with Crippen LogP contribution in [0.5, 0.6) is 0 Å². The van der Waals surface area contributed by atoms with Gasteiger partial charge in [-0.1, -0.05) is 83.1 Å². The molecule has 138 valence electrons. The Hall–Kier alpha value is 0.394. The average molecular weight is 357 g/mol. The maximum Gasteiger partial charge on any atom is 0.152 e. The van der Waals surface area contributed by atoms with E-state index < -0.39 is 9.76 Å². The van der Waals surface area contributed by atoms with Gasteiger partial charge in [-0.15, -0.1) is 0 Å². The first kappa shape index (κ1) is 21.4. The average Bonchev–Trinajstić information content (AvgIpc) is 2.36. The zero-order chi connectivity index (χ0) is 18.7. The summed E-state index contributed by atoms with van der Waals surface area (Å²) in [7, 11) is 0.353. The van der Waals surface area contributed by atoms with Crippen molar-refractivity contribution >= 4 is 20.2 Å². The van der Waals surface area contributed by atoms with Gasteiger partial charge in [0.2, 0.25) is 0 Å². The lowest BCUT2D eigenvalue weighted by atomic mass is 9.37. The molecular weight excluding hydrogens is 312 g/mol. The van der Waals surface area contributed by atoms with Crippen molar-refractivity contribution in [3.8, 4) is 0 Å². The largest absolute Gasteiger partial charge is 0.468 e. The van der Waals surface area contributed by atoms with Crippen LogP contribution >= 0.6 is 0 Å². The quantitative estimate of drug-likeness (QED) is 0.651. The minimum absolute atomic E-state index is 0.225. The summed E-state index contributed by atoms with van der Waals surface area (Å²) < 4.78 is 6.02. The van der Waals surface area contributed by atoms with Gasteiger partial charge < -0.3 is 4.12 Å². The third-order valence-corrected chi connectivity index (χ3v) is 13.2. The monoisotopic (exact) mass is 356 g/mol. The van der Waals surface area contributed by atoms with Crippen LogP contribution in [0.4, 0.5) is 0 Å². The molecule has 0 N–H and O–H groups in total. The Morgan fingerprint density at radius 1 is 0.739 bits per heavy atom. The Bertz CT molecular complexity index is 449. The normalized spacial score (nSPS) is 38.3. The van der Waals surface area contributed by atoms with Gasteiger partial charge in [0.25, 0.3) is 0 Å². The van der Waals surface area contributed by atoms with Crippen LogP contribution in [-0.2, 0) is 4.12 Å². The third-order valence-electron chi connectivity index (χ3n) is 10.3. The molecule has 0 aromatic carbocycles. The number of hydrogen-bond donors (Lipinski definition) is 0. The molecule has 0 aliphatic heterocycles. The molecule has 0 amide bonds. The van der Waals surface area contributed by atoms with E-state index in [1.54, 1.807) is 0 Å². The summed E-state index contributed by atoms with van der Waals surface area (Å²) in [5.41, 5.74) is 1.25. The molecule has 0 saturated heterocycles.